The molecule has 0 bridgehead atoms. The molecular weight excluding hydrogens is 522 g/mol. The second-order valence-corrected chi connectivity index (χ2v) is 10.1. The second kappa shape index (κ2) is 13.5. The van der Waals surface area contributed by atoms with Crippen molar-refractivity contribution in [2.45, 2.75) is 25.7 Å². The van der Waals surface area contributed by atoms with Crippen molar-refractivity contribution >= 4 is 27.8 Å². The maximum Gasteiger partial charge on any atom is 0.264 e. The number of carbonyl (C=O) groups is 1. The molecule has 3 aromatic carbocycles. The molecule has 0 aliphatic carbocycles. The van der Waals surface area contributed by atoms with Crippen LogP contribution in [0.15, 0.2) is 70.7 Å². The normalized spacial score (nSPS) is 11.2. The maximum absolute atomic E-state index is 13.7. The summed E-state index contributed by atoms with van der Waals surface area (Å²) in [6, 6.07) is 16.3. The highest BCUT2D eigenvalue weighted by Gasteiger charge is 2.29. The van der Waals surface area contributed by atoms with E-state index in [1.807, 2.05) is 20.8 Å². The van der Waals surface area contributed by atoms with E-state index >= 15 is 0 Å². The molecule has 3 rings (SSSR count). The first-order valence-corrected chi connectivity index (χ1v) is 13.7. The molecule has 0 unspecified atom stereocenters. The van der Waals surface area contributed by atoms with Crippen molar-refractivity contribution in [1.82, 2.24) is 5.43 Å². The highest BCUT2D eigenvalue weighted by atomic mass is 32.2. The van der Waals surface area contributed by atoms with Crippen molar-refractivity contribution in [3.05, 3.63) is 71.8 Å². The number of hydrazone groups is 1. The number of rotatable bonds is 13. The SMILES string of the molecule is CCOc1ccc(/C=N\NC(=O)CN(c2ccc(OC)cc2OC)S(=O)(=O)c2ccc(C)cc2)cc1OCC. The molecule has 1 N–H and O–H groups in total. The Morgan fingerprint density at radius 3 is 2.23 bits per heavy atom. The summed E-state index contributed by atoms with van der Waals surface area (Å²) in [6.45, 7) is 6.00. The van der Waals surface area contributed by atoms with Crippen molar-refractivity contribution in [2.75, 3.05) is 38.3 Å². The lowest BCUT2D eigenvalue weighted by Crippen LogP contribution is -2.39. The van der Waals surface area contributed by atoms with Gasteiger partial charge in [0.1, 0.15) is 18.0 Å². The molecule has 0 radical (unpaired) electrons. The van der Waals surface area contributed by atoms with Gasteiger partial charge in [0.05, 0.1) is 44.2 Å². The molecule has 0 spiro atoms. The molecule has 0 heterocycles. The Bertz CT molecular complexity index is 1410. The van der Waals surface area contributed by atoms with Gasteiger partial charge in [0, 0.05) is 6.07 Å². The number of methoxy groups -OCH3 is 2. The molecule has 1 amide bonds. The molecule has 0 aliphatic rings. The van der Waals surface area contributed by atoms with E-state index in [9.17, 15) is 13.2 Å². The van der Waals surface area contributed by atoms with Crippen LogP contribution >= 0.6 is 0 Å². The fourth-order valence-electron chi connectivity index (χ4n) is 3.62. The molecular formula is C28H33N3O7S. The Balaban J connectivity index is 1.88. The predicted molar refractivity (Wildman–Crippen MR) is 150 cm³/mol. The summed E-state index contributed by atoms with van der Waals surface area (Å²) in [6.07, 6.45) is 1.43. The summed E-state index contributed by atoms with van der Waals surface area (Å²) in [5.41, 5.74) is 4.13. The third kappa shape index (κ3) is 7.41. The van der Waals surface area contributed by atoms with Gasteiger partial charge in [-0.15, -0.1) is 0 Å². The van der Waals surface area contributed by atoms with Gasteiger partial charge in [-0.3, -0.25) is 9.10 Å². The van der Waals surface area contributed by atoms with Gasteiger partial charge in [0.25, 0.3) is 15.9 Å². The molecule has 208 valence electrons. The van der Waals surface area contributed by atoms with Crippen LogP contribution in [0, 0.1) is 6.92 Å². The zero-order valence-corrected chi connectivity index (χ0v) is 23.4. The van der Waals surface area contributed by atoms with Crippen molar-refractivity contribution in [1.29, 1.82) is 0 Å². The lowest BCUT2D eigenvalue weighted by atomic mass is 10.2. The van der Waals surface area contributed by atoms with E-state index in [2.05, 4.69) is 10.5 Å². The molecule has 0 aliphatic heterocycles. The van der Waals surface area contributed by atoms with E-state index < -0.39 is 22.5 Å². The fourth-order valence-corrected chi connectivity index (χ4v) is 5.05. The number of sulfonamides is 1. The van der Waals surface area contributed by atoms with E-state index in [0.717, 1.165) is 9.87 Å². The molecule has 0 saturated heterocycles. The first-order chi connectivity index (χ1) is 18.7. The maximum atomic E-state index is 13.7. The van der Waals surface area contributed by atoms with Gasteiger partial charge in [-0.25, -0.2) is 13.8 Å². The van der Waals surface area contributed by atoms with Crippen LogP contribution in [0.3, 0.4) is 0 Å². The lowest BCUT2D eigenvalue weighted by Gasteiger charge is -2.25. The minimum absolute atomic E-state index is 0.0279. The summed E-state index contributed by atoms with van der Waals surface area (Å²) >= 11 is 0. The van der Waals surface area contributed by atoms with Crippen LogP contribution in [-0.4, -0.2) is 54.5 Å². The summed E-state index contributed by atoms with van der Waals surface area (Å²) in [5, 5.41) is 4.01. The molecule has 0 atom stereocenters. The van der Waals surface area contributed by atoms with Crippen LogP contribution in [-0.2, 0) is 14.8 Å². The van der Waals surface area contributed by atoms with Crippen molar-refractivity contribution in [2.24, 2.45) is 5.10 Å². The van der Waals surface area contributed by atoms with Crippen molar-refractivity contribution < 1.29 is 32.2 Å². The minimum atomic E-state index is -4.15. The number of ether oxygens (including phenoxy) is 4. The highest BCUT2D eigenvalue weighted by molar-refractivity contribution is 7.92. The fraction of sp³-hybridized carbons (Fsp3) is 0.286. The van der Waals surface area contributed by atoms with E-state index in [1.54, 1.807) is 42.5 Å². The zero-order valence-electron chi connectivity index (χ0n) is 22.6. The number of aryl methyl sites for hydroxylation is 1. The molecule has 0 saturated carbocycles. The standard InChI is InChI=1S/C28H33N3O7S/c1-6-37-25-15-10-21(16-27(25)38-7-2)18-29-30-28(32)19-31(24-14-11-22(35-4)17-26(24)36-5)39(33,34)23-12-8-20(3)9-13-23/h8-18H,6-7,19H2,1-5H3,(H,30,32)/b29-18-. The predicted octanol–water partition coefficient (Wildman–Crippen LogP) is 4.16. The monoisotopic (exact) mass is 555 g/mol. The number of hydrogen-bond acceptors (Lipinski definition) is 8. The van der Waals surface area contributed by atoms with Crippen molar-refractivity contribution in [3.8, 4) is 23.0 Å². The molecule has 0 fully saturated rings. The largest absolute Gasteiger partial charge is 0.497 e. The Hall–Kier alpha value is -4.25. The number of anilines is 1. The number of nitrogens with one attached hydrogen (secondary N) is 1. The Kier molecular flexibility index (Phi) is 10.2. The molecule has 39 heavy (non-hydrogen) atoms. The quantitative estimate of drug-likeness (QED) is 0.249. The van der Waals surface area contributed by atoms with Gasteiger partial charge in [-0.05, 0) is 68.8 Å². The number of benzene rings is 3. The average Bonchev–Trinajstić information content (AvgIpc) is 2.93. The van der Waals surface area contributed by atoms with E-state index in [0.29, 0.717) is 36.0 Å². The minimum Gasteiger partial charge on any atom is -0.497 e. The Labute approximate surface area is 229 Å². The van der Waals surface area contributed by atoms with Crippen LogP contribution in [0.4, 0.5) is 5.69 Å². The van der Waals surface area contributed by atoms with Crippen LogP contribution < -0.4 is 28.7 Å². The van der Waals surface area contributed by atoms with E-state index in [-0.39, 0.29) is 16.3 Å². The van der Waals surface area contributed by atoms with Gasteiger partial charge in [0.15, 0.2) is 11.5 Å². The highest BCUT2D eigenvalue weighted by Crippen LogP contribution is 2.35. The topological polar surface area (TPSA) is 116 Å². The third-order valence-electron chi connectivity index (χ3n) is 5.52. The number of amides is 1. The summed E-state index contributed by atoms with van der Waals surface area (Å²) in [5.74, 6) is 1.19. The lowest BCUT2D eigenvalue weighted by molar-refractivity contribution is -0.119. The van der Waals surface area contributed by atoms with Gasteiger partial charge >= 0.3 is 0 Å². The van der Waals surface area contributed by atoms with Crippen LogP contribution in [0.25, 0.3) is 0 Å². The van der Waals surface area contributed by atoms with Gasteiger partial charge < -0.3 is 18.9 Å². The smallest absolute Gasteiger partial charge is 0.264 e. The van der Waals surface area contributed by atoms with Crippen LogP contribution in [0.1, 0.15) is 25.0 Å². The number of nitrogens with zero attached hydrogens (tertiary/aromatic N) is 2. The molecule has 3 aromatic rings. The number of carbonyl (C=O) groups excluding carboxylic acids is 1. The zero-order chi connectivity index (χ0) is 28.4. The van der Waals surface area contributed by atoms with Gasteiger partial charge in [0.2, 0.25) is 0 Å². The summed E-state index contributed by atoms with van der Waals surface area (Å²) in [4.78, 5) is 13.0. The molecule has 10 nitrogen and oxygen atoms in total. The first-order valence-electron chi connectivity index (χ1n) is 12.3. The number of hydrogen-bond donors (Lipinski definition) is 1. The Morgan fingerprint density at radius 1 is 0.897 bits per heavy atom. The average molecular weight is 556 g/mol. The van der Waals surface area contributed by atoms with Gasteiger partial charge in [-0.1, -0.05) is 17.7 Å². The van der Waals surface area contributed by atoms with E-state index in [1.165, 1.54) is 38.6 Å². The van der Waals surface area contributed by atoms with Crippen LogP contribution in [0.2, 0.25) is 0 Å². The first kappa shape index (κ1) is 29.3. The van der Waals surface area contributed by atoms with Crippen LogP contribution in [0.5, 0.6) is 23.0 Å². The summed E-state index contributed by atoms with van der Waals surface area (Å²) in [7, 11) is -1.25. The van der Waals surface area contributed by atoms with Crippen molar-refractivity contribution in [3.63, 3.8) is 0 Å². The molecule has 0 aromatic heterocycles. The van der Waals surface area contributed by atoms with Gasteiger partial charge in [-0.2, -0.15) is 5.10 Å². The van der Waals surface area contributed by atoms with E-state index in [4.69, 9.17) is 18.9 Å². The Morgan fingerprint density at radius 2 is 1.59 bits per heavy atom. The third-order valence-corrected chi connectivity index (χ3v) is 7.30. The molecule has 11 heteroatoms. The second-order valence-electron chi connectivity index (χ2n) is 8.23. The summed E-state index contributed by atoms with van der Waals surface area (Å²) < 4.78 is 50.2.